The Hall–Kier alpha value is -1.91. The second-order valence-electron chi connectivity index (χ2n) is 5.31. The van der Waals surface area contributed by atoms with E-state index in [1.165, 1.54) is 25.7 Å². The van der Waals surface area contributed by atoms with Crippen LogP contribution in [-0.4, -0.2) is 35.7 Å². The Bertz CT molecular complexity index is 480. The molecule has 1 heterocycles. The van der Waals surface area contributed by atoms with E-state index in [1.807, 2.05) is 19.1 Å². The first-order valence-electron chi connectivity index (χ1n) is 7.70. The molecule has 0 bridgehead atoms. The molecule has 1 aromatic carbocycles. The molecule has 1 aliphatic heterocycles. The van der Waals surface area contributed by atoms with Gasteiger partial charge in [0.2, 0.25) is 0 Å². The van der Waals surface area contributed by atoms with Gasteiger partial charge in [0.15, 0.2) is 17.5 Å². The lowest BCUT2D eigenvalue weighted by atomic mass is 10.2. The fraction of sp³-hybridized carbons (Fsp3) is 0.562. The molecule has 1 aromatic rings. The van der Waals surface area contributed by atoms with E-state index in [-0.39, 0.29) is 5.75 Å². The second-order valence-corrected chi connectivity index (χ2v) is 5.31. The van der Waals surface area contributed by atoms with Gasteiger partial charge in [-0.1, -0.05) is 18.9 Å². The molecule has 5 heteroatoms. The summed E-state index contributed by atoms with van der Waals surface area (Å²) in [5, 5.41) is 9.68. The minimum atomic E-state index is 0.157. The smallest absolute Gasteiger partial charge is 0.191 e. The van der Waals surface area contributed by atoms with Gasteiger partial charge in [-0.3, -0.25) is 0 Å². The van der Waals surface area contributed by atoms with Crippen molar-refractivity contribution < 1.29 is 9.84 Å². The molecule has 1 saturated heterocycles. The fourth-order valence-electron chi connectivity index (χ4n) is 2.50. The number of ether oxygens (including phenoxy) is 1. The number of hydrogen-bond acceptors (Lipinski definition) is 3. The Kier molecular flexibility index (Phi) is 5.72. The SMILES string of the molecule is CCOc1cc(CN=C(N)N2CCCCCC2)ccc1O. The number of phenols is 1. The lowest BCUT2D eigenvalue weighted by Gasteiger charge is -2.21. The van der Waals surface area contributed by atoms with E-state index >= 15 is 0 Å². The number of guanidine groups is 1. The fourth-order valence-corrected chi connectivity index (χ4v) is 2.50. The van der Waals surface area contributed by atoms with Crippen molar-refractivity contribution in [3.63, 3.8) is 0 Å². The maximum absolute atomic E-state index is 9.68. The summed E-state index contributed by atoms with van der Waals surface area (Å²) in [6.07, 6.45) is 4.92. The molecule has 116 valence electrons. The van der Waals surface area contributed by atoms with Crippen LogP contribution >= 0.6 is 0 Å². The van der Waals surface area contributed by atoms with Crippen molar-refractivity contribution in [2.75, 3.05) is 19.7 Å². The van der Waals surface area contributed by atoms with Crippen molar-refractivity contribution in [3.05, 3.63) is 23.8 Å². The van der Waals surface area contributed by atoms with Crippen LogP contribution < -0.4 is 10.5 Å². The lowest BCUT2D eigenvalue weighted by Crippen LogP contribution is -2.38. The van der Waals surface area contributed by atoms with Gasteiger partial charge in [0.05, 0.1) is 13.2 Å². The zero-order valence-electron chi connectivity index (χ0n) is 12.7. The largest absolute Gasteiger partial charge is 0.504 e. The number of rotatable bonds is 4. The molecule has 0 saturated carbocycles. The molecule has 1 aliphatic rings. The van der Waals surface area contributed by atoms with E-state index in [2.05, 4.69) is 9.89 Å². The van der Waals surface area contributed by atoms with E-state index in [4.69, 9.17) is 10.5 Å². The Morgan fingerprint density at radius 3 is 2.67 bits per heavy atom. The maximum Gasteiger partial charge on any atom is 0.191 e. The molecule has 0 spiro atoms. The zero-order valence-corrected chi connectivity index (χ0v) is 12.7. The highest BCUT2D eigenvalue weighted by Gasteiger charge is 2.11. The predicted octanol–water partition coefficient (Wildman–Crippen LogP) is 2.48. The topological polar surface area (TPSA) is 71.1 Å². The molecule has 1 fully saturated rings. The number of benzene rings is 1. The van der Waals surface area contributed by atoms with Crippen LogP contribution in [0.3, 0.4) is 0 Å². The third-order valence-corrected chi connectivity index (χ3v) is 3.68. The van der Waals surface area contributed by atoms with Crippen LogP contribution in [0.4, 0.5) is 0 Å². The molecule has 3 N–H and O–H groups in total. The predicted molar refractivity (Wildman–Crippen MR) is 84.6 cm³/mol. The highest BCUT2D eigenvalue weighted by Crippen LogP contribution is 2.27. The van der Waals surface area contributed by atoms with Gasteiger partial charge in [-0.05, 0) is 37.5 Å². The van der Waals surface area contributed by atoms with Gasteiger partial charge in [0, 0.05) is 13.1 Å². The van der Waals surface area contributed by atoms with E-state index in [1.54, 1.807) is 6.07 Å². The normalized spacial score (nSPS) is 16.6. The Morgan fingerprint density at radius 2 is 2.00 bits per heavy atom. The van der Waals surface area contributed by atoms with Crippen molar-refractivity contribution in [1.82, 2.24) is 4.90 Å². The van der Waals surface area contributed by atoms with Crippen molar-refractivity contribution in [2.24, 2.45) is 10.7 Å². The van der Waals surface area contributed by atoms with Crippen LogP contribution in [0.1, 0.15) is 38.2 Å². The summed E-state index contributed by atoms with van der Waals surface area (Å²) < 4.78 is 5.38. The van der Waals surface area contributed by atoms with Gasteiger partial charge < -0.3 is 20.5 Å². The number of likely N-dealkylation sites (tertiary alicyclic amines) is 1. The van der Waals surface area contributed by atoms with Gasteiger partial charge in [0.1, 0.15) is 0 Å². The summed E-state index contributed by atoms with van der Waals surface area (Å²) in [4.78, 5) is 6.64. The van der Waals surface area contributed by atoms with Crippen molar-refractivity contribution >= 4 is 5.96 Å². The van der Waals surface area contributed by atoms with E-state index in [9.17, 15) is 5.11 Å². The van der Waals surface area contributed by atoms with Gasteiger partial charge in [-0.15, -0.1) is 0 Å². The number of aromatic hydroxyl groups is 1. The summed E-state index contributed by atoms with van der Waals surface area (Å²) in [6, 6.07) is 5.30. The first kappa shape index (κ1) is 15.5. The Labute approximate surface area is 126 Å². The first-order chi connectivity index (χ1) is 10.2. The monoisotopic (exact) mass is 291 g/mol. The third kappa shape index (κ3) is 4.55. The quantitative estimate of drug-likeness (QED) is 0.660. The lowest BCUT2D eigenvalue weighted by molar-refractivity contribution is 0.318. The van der Waals surface area contributed by atoms with E-state index < -0.39 is 0 Å². The van der Waals surface area contributed by atoms with Gasteiger partial charge in [-0.25, -0.2) is 4.99 Å². The summed E-state index contributed by atoms with van der Waals surface area (Å²) >= 11 is 0. The number of hydrogen-bond donors (Lipinski definition) is 2. The van der Waals surface area contributed by atoms with Crippen LogP contribution in [0.15, 0.2) is 23.2 Å². The molecule has 21 heavy (non-hydrogen) atoms. The van der Waals surface area contributed by atoms with Gasteiger partial charge >= 0.3 is 0 Å². The van der Waals surface area contributed by atoms with E-state index in [0.29, 0.717) is 24.9 Å². The average molecular weight is 291 g/mol. The standard InChI is InChI=1S/C16H25N3O2/c1-2-21-15-11-13(7-8-14(15)20)12-18-16(17)19-9-5-3-4-6-10-19/h7-8,11,20H,2-6,9-10,12H2,1H3,(H2,17,18). The molecule has 0 aromatic heterocycles. The highest BCUT2D eigenvalue weighted by molar-refractivity contribution is 5.78. The molecule has 0 radical (unpaired) electrons. The van der Waals surface area contributed by atoms with Crippen LogP contribution in [0.5, 0.6) is 11.5 Å². The summed E-state index contributed by atoms with van der Waals surface area (Å²) in [6.45, 7) is 4.91. The second kappa shape index (κ2) is 7.76. The Balaban J connectivity index is 2.00. The summed E-state index contributed by atoms with van der Waals surface area (Å²) in [7, 11) is 0. The number of phenolic OH excluding ortho intramolecular Hbond substituents is 1. The Morgan fingerprint density at radius 1 is 1.29 bits per heavy atom. The molecule has 2 rings (SSSR count). The molecule has 0 atom stereocenters. The molecular weight excluding hydrogens is 266 g/mol. The van der Waals surface area contributed by atoms with Crippen molar-refractivity contribution in [3.8, 4) is 11.5 Å². The maximum atomic E-state index is 9.68. The van der Waals surface area contributed by atoms with Crippen LogP contribution in [0.25, 0.3) is 0 Å². The number of nitrogens with zero attached hydrogens (tertiary/aromatic N) is 2. The highest BCUT2D eigenvalue weighted by atomic mass is 16.5. The third-order valence-electron chi connectivity index (χ3n) is 3.68. The van der Waals surface area contributed by atoms with E-state index in [0.717, 1.165) is 18.7 Å². The number of aliphatic imine (C=N–C) groups is 1. The molecule has 5 nitrogen and oxygen atoms in total. The molecule has 0 unspecified atom stereocenters. The average Bonchev–Trinajstić information content (AvgIpc) is 2.77. The molecule has 0 amide bonds. The first-order valence-corrected chi connectivity index (χ1v) is 7.70. The van der Waals surface area contributed by atoms with Gasteiger partial charge in [-0.2, -0.15) is 0 Å². The summed E-state index contributed by atoms with van der Waals surface area (Å²) in [5.41, 5.74) is 7.07. The van der Waals surface area contributed by atoms with Gasteiger partial charge in [0.25, 0.3) is 0 Å². The minimum absolute atomic E-state index is 0.157. The summed E-state index contributed by atoms with van der Waals surface area (Å²) in [5.74, 6) is 1.27. The minimum Gasteiger partial charge on any atom is -0.504 e. The molecule has 0 aliphatic carbocycles. The van der Waals surface area contributed by atoms with Crippen LogP contribution in [0.2, 0.25) is 0 Å². The van der Waals surface area contributed by atoms with Crippen molar-refractivity contribution in [1.29, 1.82) is 0 Å². The molecular formula is C16H25N3O2. The van der Waals surface area contributed by atoms with Crippen LogP contribution in [0, 0.1) is 0 Å². The zero-order chi connectivity index (χ0) is 15.1. The number of nitrogens with two attached hydrogens (primary N) is 1. The van der Waals surface area contributed by atoms with Crippen LogP contribution in [-0.2, 0) is 6.54 Å². The van der Waals surface area contributed by atoms with Crippen molar-refractivity contribution in [2.45, 2.75) is 39.2 Å².